The summed E-state index contributed by atoms with van der Waals surface area (Å²) in [6.07, 6.45) is 0.581. The number of benzene rings is 3. The molecule has 1 atom stereocenters. The third-order valence-corrected chi connectivity index (χ3v) is 6.48. The number of nitrogens with zero attached hydrogens (tertiary/aromatic N) is 2. The van der Waals surface area contributed by atoms with E-state index >= 15 is 0 Å². The minimum absolute atomic E-state index is 0.0874. The Morgan fingerprint density at radius 1 is 1.00 bits per heavy atom. The fourth-order valence-corrected chi connectivity index (χ4v) is 4.64. The number of fused-ring (bicyclic) bond motifs is 1. The van der Waals surface area contributed by atoms with Gasteiger partial charge in [0.25, 0.3) is 0 Å². The molecule has 3 aromatic carbocycles. The van der Waals surface area contributed by atoms with Crippen LogP contribution in [0.2, 0.25) is 0 Å². The standard InChI is InChI=1S/C27H25N3O3S/c1-17-9-11-23-20(13-17)21(15-25(33-23)18-7-5-4-6-8-18)29-30-27-28-22(16-34-27)19-10-12-24(31-2)26(14-19)32-3/h4-14,16,25H,15H2,1-3H3,(H,28,30)/b29-21+/t25-/m0/s1. The summed E-state index contributed by atoms with van der Waals surface area (Å²) in [4.78, 5) is 4.72. The molecule has 0 radical (unpaired) electrons. The Kier molecular flexibility index (Phi) is 6.18. The van der Waals surface area contributed by atoms with Gasteiger partial charge in [-0.25, -0.2) is 4.98 Å². The van der Waals surface area contributed by atoms with Gasteiger partial charge in [-0.1, -0.05) is 42.0 Å². The van der Waals surface area contributed by atoms with E-state index in [1.54, 1.807) is 14.2 Å². The molecule has 1 aromatic heterocycles. The van der Waals surface area contributed by atoms with Gasteiger partial charge in [-0.2, -0.15) is 5.10 Å². The molecular formula is C27H25N3O3S. The SMILES string of the molecule is COc1ccc(-c2csc(N/N=C3\C[C@@H](c4ccccc4)Oc4ccc(C)cc43)n2)cc1OC. The third kappa shape index (κ3) is 4.47. The lowest BCUT2D eigenvalue weighted by atomic mass is 9.94. The molecule has 1 aliphatic rings. The molecule has 5 rings (SSSR count). The molecular weight excluding hydrogens is 446 g/mol. The molecule has 172 valence electrons. The van der Waals surface area contributed by atoms with Gasteiger partial charge in [-0.05, 0) is 42.8 Å². The van der Waals surface area contributed by atoms with Crippen LogP contribution in [-0.2, 0) is 0 Å². The first kappa shape index (κ1) is 22.0. The van der Waals surface area contributed by atoms with E-state index in [2.05, 4.69) is 36.6 Å². The molecule has 0 saturated carbocycles. The number of aryl methyl sites for hydroxylation is 1. The molecule has 0 amide bonds. The zero-order valence-electron chi connectivity index (χ0n) is 19.2. The molecule has 1 N–H and O–H groups in total. The lowest BCUT2D eigenvalue weighted by Gasteiger charge is -2.27. The van der Waals surface area contributed by atoms with Gasteiger partial charge in [0.1, 0.15) is 11.9 Å². The minimum atomic E-state index is -0.0874. The van der Waals surface area contributed by atoms with Gasteiger partial charge in [0.15, 0.2) is 11.5 Å². The lowest BCUT2D eigenvalue weighted by molar-refractivity contribution is 0.206. The maximum Gasteiger partial charge on any atom is 0.203 e. The first-order chi connectivity index (χ1) is 16.6. The molecule has 2 heterocycles. The van der Waals surface area contributed by atoms with E-state index in [4.69, 9.17) is 24.3 Å². The second-order valence-electron chi connectivity index (χ2n) is 8.00. The first-order valence-corrected chi connectivity index (χ1v) is 11.9. The van der Waals surface area contributed by atoms with E-state index in [-0.39, 0.29) is 6.10 Å². The maximum absolute atomic E-state index is 6.31. The number of hydrazone groups is 1. The summed E-state index contributed by atoms with van der Waals surface area (Å²) in [5, 5.41) is 7.49. The van der Waals surface area contributed by atoms with Crippen molar-refractivity contribution in [2.75, 3.05) is 19.6 Å². The third-order valence-electron chi connectivity index (χ3n) is 5.74. The highest BCUT2D eigenvalue weighted by Gasteiger charge is 2.26. The van der Waals surface area contributed by atoms with Gasteiger partial charge >= 0.3 is 0 Å². The van der Waals surface area contributed by atoms with Crippen molar-refractivity contribution in [3.63, 3.8) is 0 Å². The van der Waals surface area contributed by atoms with Gasteiger partial charge in [0, 0.05) is 22.9 Å². The van der Waals surface area contributed by atoms with Crippen LogP contribution >= 0.6 is 11.3 Å². The summed E-state index contributed by atoms with van der Waals surface area (Å²) in [6.45, 7) is 2.07. The van der Waals surface area contributed by atoms with E-state index in [1.807, 2.05) is 47.8 Å². The van der Waals surface area contributed by atoms with Crippen molar-refractivity contribution in [1.29, 1.82) is 0 Å². The summed E-state index contributed by atoms with van der Waals surface area (Å²) < 4.78 is 17.1. The van der Waals surface area contributed by atoms with E-state index in [0.717, 1.165) is 39.4 Å². The van der Waals surface area contributed by atoms with Crippen LogP contribution in [0, 0.1) is 6.92 Å². The van der Waals surface area contributed by atoms with Crippen LogP contribution in [-0.4, -0.2) is 24.9 Å². The van der Waals surface area contributed by atoms with Crippen LogP contribution < -0.4 is 19.6 Å². The van der Waals surface area contributed by atoms with E-state index in [0.29, 0.717) is 23.1 Å². The van der Waals surface area contributed by atoms with E-state index in [1.165, 1.54) is 11.3 Å². The highest BCUT2D eigenvalue weighted by atomic mass is 32.1. The summed E-state index contributed by atoms with van der Waals surface area (Å²) in [5.74, 6) is 2.20. The normalized spacial score (nSPS) is 16.0. The number of anilines is 1. The Morgan fingerprint density at radius 2 is 1.82 bits per heavy atom. The number of nitrogens with one attached hydrogen (secondary N) is 1. The Balaban J connectivity index is 1.41. The van der Waals surface area contributed by atoms with Gasteiger partial charge in [0.05, 0.1) is 25.6 Å². The highest BCUT2D eigenvalue weighted by Crippen LogP contribution is 2.36. The number of hydrogen-bond acceptors (Lipinski definition) is 7. The molecule has 0 saturated heterocycles. The van der Waals surface area contributed by atoms with Gasteiger partial charge in [-0.15, -0.1) is 11.3 Å². The van der Waals surface area contributed by atoms with Crippen LogP contribution in [0.5, 0.6) is 17.2 Å². The second kappa shape index (κ2) is 9.57. The van der Waals surface area contributed by atoms with Crippen LogP contribution in [0.25, 0.3) is 11.3 Å². The Morgan fingerprint density at radius 3 is 2.62 bits per heavy atom. The molecule has 0 spiro atoms. The Bertz CT molecular complexity index is 1330. The van der Waals surface area contributed by atoms with E-state index < -0.39 is 0 Å². The monoisotopic (exact) mass is 471 g/mol. The van der Waals surface area contributed by atoms with Crippen LogP contribution in [0.4, 0.5) is 5.13 Å². The van der Waals surface area contributed by atoms with Crippen molar-refractivity contribution in [3.05, 3.63) is 88.8 Å². The largest absolute Gasteiger partial charge is 0.493 e. The molecule has 6 nitrogen and oxygen atoms in total. The fourth-order valence-electron chi connectivity index (χ4n) is 3.98. The van der Waals surface area contributed by atoms with Crippen molar-refractivity contribution in [3.8, 4) is 28.5 Å². The molecule has 34 heavy (non-hydrogen) atoms. The van der Waals surface area contributed by atoms with Crippen LogP contribution in [0.1, 0.15) is 29.2 Å². The predicted octanol–water partition coefficient (Wildman–Crippen LogP) is 6.48. The van der Waals surface area contributed by atoms with Crippen LogP contribution in [0.15, 0.2) is 77.2 Å². The molecule has 1 aliphatic heterocycles. The number of thiazole rings is 1. The number of ether oxygens (including phenoxy) is 3. The molecule has 0 bridgehead atoms. The van der Waals surface area contributed by atoms with Crippen molar-refractivity contribution in [1.82, 2.24) is 4.98 Å². The summed E-state index contributed by atoms with van der Waals surface area (Å²) in [5.41, 5.74) is 9.22. The molecule has 7 heteroatoms. The number of hydrogen-bond donors (Lipinski definition) is 1. The second-order valence-corrected chi connectivity index (χ2v) is 8.86. The quantitative estimate of drug-likeness (QED) is 0.326. The number of aromatic nitrogens is 1. The topological polar surface area (TPSA) is 65.0 Å². The summed E-state index contributed by atoms with van der Waals surface area (Å²) in [7, 11) is 3.25. The van der Waals surface area contributed by atoms with Crippen molar-refractivity contribution < 1.29 is 14.2 Å². The highest BCUT2D eigenvalue weighted by molar-refractivity contribution is 7.14. The van der Waals surface area contributed by atoms with Crippen molar-refractivity contribution in [2.24, 2.45) is 5.10 Å². The minimum Gasteiger partial charge on any atom is -0.493 e. The van der Waals surface area contributed by atoms with Gasteiger partial charge in [0.2, 0.25) is 5.13 Å². The maximum atomic E-state index is 6.31. The Hall–Kier alpha value is -3.84. The average Bonchev–Trinajstić information content (AvgIpc) is 3.36. The predicted molar refractivity (Wildman–Crippen MR) is 136 cm³/mol. The Labute approximate surface area is 202 Å². The van der Waals surface area contributed by atoms with Gasteiger partial charge < -0.3 is 14.2 Å². The first-order valence-electron chi connectivity index (χ1n) is 11.0. The fraction of sp³-hybridized carbons (Fsp3) is 0.185. The molecule has 0 unspecified atom stereocenters. The van der Waals surface area contributed by atoms with Crippen molar-refractivity contribution in [2.45, 2.75) is 19.4 Å². The lowest BCUT2D eigenvalue weighted by Crippen LogP contribution is -2.22. The molecule has 4 aromatic rings. The van der Waals surface area contributed by atoms with Crippen molar-refractivity contribution >= 4 is 22.2 Å². The molecule has 0 aliphatic carbocycles. The van der Waals surface area contributed by atoms with E-state index in [9.17, 15) is 0 Å². The molecule has 0 fully saturated rings. The zero-order valence-corrected chi connectivity index (χ0v) is 20.1. The summed E-state index contributed by atoms with van der Waals surface area (Å²) >= 11 is 1.51. The average molecular weight is 472 g/mol. The summed E-state index contributed by atoms with van der Waals surface area (Å²) in [6, 6.07) is 22.2. The van der Waals surface area contributed by atoms with Gasteiger partial charge in [-0.3, -0.25) is 5.43 Å². The smallest absolute Gasteiger partial charge is 0.203 e. The number of rotatable bonds is 6. The van der Waals surface area contributed by atoms with Crippen LogP contribution in [0.3, 0.4) is 0 Å². The number of methoxy groups -OCH3 is 2. The zero-order chi connectivity index (χ0) is 23.5.